The SMILES string of the molecule is Cc1cc(-c2cc(C)c3ncc(C(N)=O)n3n2)sn1. The first-order valence-electron chi connectivity index (χ1n) is 5.65. The Morgan fingerprint density at radius 3 is 2.79 bits per heavy atom. The Kier molecular flexibility index (Phi) is 2.56. The summed E-state index contributed by atoms with van der Waals surface area (Å²) in [6.45, 7) is 3.85. The highest BCUT2D eigenvalue weighted by Crippen LogP contribution is 2.24. The molecule has 96 valence electrons. The fourth-order valence-electron chi connectivity index (χ4n) is 1.89. The van der Waals surface area contributed by atoms with Crippen molar-refractivity contribution in [1.29, 1.82) is 0 Å². The minimum Gasteiger partial charge on any atom is -0.364 e. The average Bonchev–Trinajstić information content (AvgIpc) is 2.94. The molecule has 3 rings (SSSR count). The average molecular weight is 273 g/mol. The third-order valence-electron chi connectivity index (χ3n) is 2.78. The maximum atomic E-state index is 11.4. The number of hydrogen-bond acceptors (Lipinski definition) is 5. The maximum absolute atomic E-state index is 11.4. The molecule has 1 amide bonds. The first-order valence-corrected chi connectivity index (χ1v) is 6.42. The molecule has 6 nitrogen and oxygen atoms in total. The number of carbonyl (C=O) groups is 1. The van der Waals surface area contributed by atoms with E-state index in [1.165, 1.54) is 22.2 Å². The third-order valence-corrected chi connectivity index (χ3v) is 3.69. The van der Waals surface area contributed by atoms with Crippen molar-refractivity contribution >= 4 is 23.1 Å². The van der Waals surface area contributed by atoms with Crippen molar-refractivity contribution in [1.82, 2.24) is 19.0 Å². The molecular weight excluding hydrogens is 262 g/mol. The highest BCUT2D eigenvalue weighted by Gasteiger charge is 2.14. The van der Waals surface area contributed by atoms with Gasteiger partial charge in [0.1, 0.15) is 11.4 Å². The van der Waals surface area contributed by atoms with Crippen LogP contribution < -0.4 is 5.73 Å². The van der Waals surface area contributed by atoms with Crippen molar-refractivity contribution in [3.63, 3.8) is 0 Å². The number of rotatable bonds is 2. The molecule has 0 spiro atoms. The zero-order valence-electron chi connectivity index (χ0n) is 10.4. The normalized spacial score (nSPS) is 11.1. The van der Waals surface area contributed by atoms with Crippen molar-refractivity contribution in [2.24, 2.45) is 5.73 Å². The van der Waals surface area contributed by atoms with Gasteiger partial charge in [0.15, 0.2) is 5.65 Å². The van der Waals surface area contributed by atoms with E-state index < -0.39 is 5.91 Å². The van der Waals surface area contributed by atoms with Crippen LogP contribution in [-0.2, 0) is 0 Å². The molecule has 2 N–H and O–H groups in total. The Morgan fingerprint density at radius 1 is 1.37 bits per heavy atom. The van der Waals surface area contributed by atoms with E-state index in [0.29, 0.717) is 5.65 Å². The molecular formula is C12H11N5OS. The van der Waals surface area contributed by atoms with Crippen LogP contribution in [0.4, 0.5) is 0 Å². The summed E-state index contributed by atoms with van der Waals surface area (Å²) < 4.78 is 5.72. The van der Waals surface area contributed by atoms with E-state index in [0.717, 1.165) is 21.8 Å². The first-order chi connectivity index (χ1) is 9.06. The summed E-state index contributed by atoms with van der Waals surface area (Å²) in [5, 5.41) is 4.42. The molecule has 0 aliphatic heterocycles. The summed E-state index contributed by atoms with van der Waals surface area (Å²) in [7, 11) is 0. The zero-order chi connectivity index (χ0) is 13.6. The Labute approximate surface area is 113 Å². The topological polar surface area (TPSA) is 86.2 Å². The molecule has 0 bridgehead atoms. The van der Waals surface area contributed by atoms with E-state index in [-0.39, 0.29) is 5.69 Å². The molecule has 0 fully saturated rings. The van der Waals surface area contributed by atoms with Crippen LogP contribution in [0.2, 0.25) is 0 Å². The lowest BCUT2D eigenvalue weighted by Crippen LogP contribution is -2.15. The van der Waals surface area contributed by atoms with Crippen LogP contribution in [-0.4, -0.2) is 24.9 Å². The number of amides is 1. The van der Waals surface area contributed by atoms with Gasteiger partial charge in [-0.05, 0) is 43.1 Å². The van der Waals surface area contributed by atoms with Crippen molar-refractivity contribution in [2.75, 3.05) is 0 Å². The predicted octanol–water partition coefficient (Wildman–Crippen LogP) is 1.57. The molecule has 7 heteroatoms. The van der Waals surface area contributed by atoms with Crippen molar-refractivity contribution < 1.29 is 4.79 Å². The lowest BCUT2D eigenvalue weighted by atomic mass is 10.2. The number of nitrogens with zero attached hydrogens (tertiary/aromatic N) is 4. The van der Waals surface area contributed by atoms with Gasteiger partial charge in [0.05, 0.1) is 16.8 Å². The van der Waals surface area contributed by atoms with E-state index in [2.05, 4.69) is 14.5 Å². The van der Waals surface area contributed by atoms with Gasteiger partial charge >= 0.3 is 0 Å². The molecule has 0 atom stereocenters. The van der Waals surface area contributed by atoms with E-state index >= 15 is 0 Å². The lowest BCUT2D eigenvalue weighted by molar-refractivity contribution is 0.0993. The summed E-state index contributed by atoms with van der Waals surface area (Å²) in [5.41, 5.74) is 8.87. The second-order valence-electron chi connectivity index (χ2n) is 4.29. The second kappa shape index (κ2) is 4.13. The van der Waals surface area contributed by atoms with Gasteiger partial charge in [-0.15, -0.1) is 0 Å². The minimum atomic E-state index is -0.544. The number of primary amides is 1. The Morgan fingerprint density at radius 2 is 2.16 bits per heavy atom. The van der Waals surface area contributed by atoms with Crippen LogP contribution in [0, 0.1) is 13.8 Å². The largest absolute Gasteiger partial charge is 0.364 e. The van der Waals surface area contributed by atoms with Gasteiger partial charge in [-0.2, -0.15) is 9.47 Å². The second-order valence-corrected chi connectivity index (χ2v) is 5.09. The van der Waals surface area contributed by atoms with Gasteiger partial charge in [0.2, 0.25) is 0 Å². The summed E-state index contributed by atoms with van der Waals surface area (Å²) in [6, 6.07) is 3.89. The summed E-state index contributed by atoms with van der Waals surface area (Å²) in [6.07, 6.45) is 1.44. The number of carbonyl (C=O) groups excluding carboxylic acids is 1. The first kappa shape index (κ1) is 11.8. The highest BCUT2D eigenvalue weighted by molar-refractivity contribution is 7.09. The molecule has 3 aromatic heterocycles. The predicted molar refractivity (Wildman–Crippen MR) is 72.1 cm³/mol. The van der Waals surface area contributed by atoms with Gasteiger partial charge in [-0.1, -0.05) is 0 Å². The van der Waals surface area contributed by atoms with Crippen molar-refractivity contribution in [3.8, 4) is 10.6 Å². The summed E-state index contributed by atoms with van der Waals surface area (Å²) in [4.78, 5) is 16.5. The van der Waals surface area contributed by atoms with Crippen molar-refractivity contribution in [3.05, 3.63) is 35.3 Å². The molecule has 0 saturated heterocycles. The highest BCUT2D eigenvalue weighted by atomic mass is 32.1. The molecule has 0 aliphatic carbocycles. The number of aryl methyl sites for hydroxylation is 2. The fourth-order valence-corrected chi connectivity index (χ4v) is 2.61. The van der Waals surface area contributed by atoms with E-state index in [1.807, 2.05) is 26.0 Å². The molecule has 19 heavy (non-hydrogen) atoms. The number of imidazole rings is 1. The van der Waals surface area contributed by atoms with Crippen molar-refractivity contribution in [2.45, 2.75) is 13.8 Å². The molecule has 3 heterocycles. The van der Waals surface area contributed by atoms with Crippen LogP contribution in [0.15, 0.2) is 18.3 Å². The maximum Gasteiger partial charge on any atom is 0.269 e. The van der Waals surface area contributed by atoms with Crippen LogP contribution in [0.5, 0.6) is 0 Å². The number of hydrogen-bond donors (Lipinski definition) is 1. The Balaban J connectivity index is 2.27. The summed E-state index contributed by atoms with van der Waals surface area (Å²) in [5.74, 6) is -0.544. The number of nitrogens with two attached hydrogens (primary N) is 1. The molecule has 0 aromatic carbocycles. The standard InChI is InChI=1S/C12H11N5OS/c1-6-3-8(10-4-7(2)16-19-10)15-17-9(11(13)18)5-14-12(6)17/h3-5H,1-2H3,(H2,13,18). The minimum absolute atomic E-state index is 0.279. The van der Waals surface area contributed by atoms with Crippen LogP contribution in [0.1, 0.15) is 21.7 Å². The lowest BCUT2D eigenvalue weighted by Gasteiger charge is -2.03. The van der Waals surface area contributed by atoms with Gasteiger partial charge in [-0.3, -0.25) is 4.79 Å². The van der Waals surface area contributed by atoms with Gasteiger partial charge in [-0.25, -0.2) is 9.50 Å². The quantitative estimate of drug-likeness (QED) is 0.767. The fraction of sp³-hybridized carbons (Fsp3) is 0.167. The van der Waals surface area contributed by atoms with E-state index in [9.17, 15) is 4.79 Å². The third kappa shape index (κ3) is 1.88. The molecule has 0 aliphatic rings. The van der Waals surface area contributed by atoms with Crippen LogP contribution >= 0.6 is 11.5 Å². The molecule has 3 aromatic rings. The van der Waals surface area contributed by atoms with Crippen LogP contribution in [0.3, 0.4) is 0 Å². The number of aromatic nitrogens is 4. The van der Waals surface area contributed by atoms with Crippen LogP contribution in [0.25, 0.3) is 16.2 Å². The Hall–Kier alpha value is -2.28. The van der Waals surface area contributed by atoms with Gasteiger partial charge in [0, 0.05) is 0 Å². The Bertz CT molecular complexity index is 789. The molecule has 0 saturated carbocycles. The monoisotopic (exact) mass is 273 g/mol. The smallest absolute Gasteiger partial charge is 0.269 e. The summed E-state index contributed by atoms with van der Waals surface area (Å²) >= 11 is 1.37. The zero-order valence-corrected chi connectivity index (χ0v) is 11.2. The molecule has 0 radical (unpaired) electrons. The van der Waals surface area contributed by atoms with E-state index in [4.69, 9.17) is 5.73 Å². The van der Waals surface area contributed by atoms with E-state index in [1.54, 1.807) is 0 Å². The molecule has 0 unspecified atom stereocenters. The van der Waals surface area contributed by atoms with Gasteiger partial charge in [0.25, 0.3) is 5.91 Å². The van der Waals surface area contributed by atoms with Gasteiger partial charge < -0.3 is 5.73 Å². The number of fused-ring (bicyclic) bond motifs is 1.